The minimum Gasteiger partial charge on any atom is -0.340 e. The zero-order chi connectivity index (χ0) is 12.8. The predicted molar refractivity (Wildman–Crippen MR) is 73.4 cm³/mol. The average molecular weight is 246 g/mol. The maximum atomic E-state index is 12.4. The van der Waals surface area contributed by atoms with Gasteiger partial charge in [0.05, 0.1) is 0 Å². The summed E-state index contributed by atoms with van der Waals surface area (Å²) in [5.41, 5.74) is 1.26. The van der Waals surface area contributed by atoms with Crippen LogP contribution in [0.3, 0.4) is 0 Å². The van der Waals surface area contributed by atoms with Crippen LogP contribution in [0.15, 0.2) is 30.3 Å². The second-order valence-electron chi connectivity index (χ2n) is 4.87. The topological polar surface area (TPSA) is 32.3 Å². The van der Waals surface area contributed by atoms with Crippen molar-refractivity contribution in [3.63, 3.8) is 0 Å². The van der Waals surface area contributed by atoms with Gasteiger partial charge in [-0.15, -0.1) is 0 Å². The Morgan fingerprint density at radius 2 is 1.94 bits per heavy atom. The second-order valence-corrected chi connectivity index (χ2v) is 4.87. The summed E-state index contributed by atoms with van der Waals surface area (Å²) in [4.78, 5) is 14.4. The van der Waals surface area contributed by atoms with E-state index in [9.17, 15) is 4.79 Å². The summed E-state index contributed by atoms with van der Waals surface area (Å²) in [5, 5.41) is 3.28. The van der Waals surface area contributed by atoms with Gasteiger partial charge in [-0.1, -0.05) is 37.3 Å². The first kappa shape index (κ1) is 13.1. The first-order chi connectivity index (χ1) is 8.81. The molecule has 3 nitrogen and oxygen atoms in total. The Hall–Kier alpha value is -1.35. The van der Waals surface area contributed by atoms with E-state index in [0.717, 1.165) is 39.0 Å². The molecular weight excluding hydrogens is 224 g/mol. The highest BCUT2D eigenvalue weighted by Gasteiger charge is 2.24. The van der Waals surface area contributed by atoms with E-state index in [1.807, 2.05) is 23.1 Å². The van der Waals surface area contributed by atoms with Crippen molar-refractivity contribution in [3.05, 3.63) is 35.9 Å². The van der Waals surface area contributed by atoms with E-state index in [2.05, 4.69) is 24.4 Å². The van der Waals surface area contributed by atoms with Crippen LogP contribution < -0.4 is 5.32 Å². The van der Waals surface area contributed by atoms with Gasteiger partial charge in [-0.2, -0.15) is 0 Å². The molecule has 1 aliphatic heterocycles. The molecule has 1 aromatic carbocycles. The number of amides is 1. The number of nitrogens with zero attached hydrogens (tertiary/aromatic N) is 1. The van der Waals surface area contributed by atoms with E-state index in [1.165, 1.54) is 5.56 Å². The molecule has 1 heterocycles. The molecule has 0 radical (unpaired) electrons. The van der Waals surface area contributed by atoms with Crippen molar-refractivity contribution in [2.24, 2.45) is 5.92 Å². The van der Waals surface area contributed by atoms with Crippen molar-refractivity contribution in [2.75, 3.05) is 26.2 Å². The molecule has 1 aromatic rings. The Morgan fingerprint density at radius 3 is 2.56 bits per heavy atom. The highest BCUT2D eigenvalue weighted by atomic mass is 16.2. The van der Waals surface area contributed by atoms with E-state index < -0.39 is 0 Å². The van der Waals surface area contributed by atoms with E-state index in [-0.39, 0.29) is 5.92 Å². The molecule has 0 aliphatic carbocycles. The fourth-order valence-corrected chi connectivity index (χ4v) is 2.45. The molecule has 1 amide bonds. The van der Waals surface area contributed by atoms with Gasteiger partial charge in [-0.05, 0) is 18.4 Å². The van der Waals surface area contributed by atoms with Crippen LogP contribution in [-0.2, 0) is 11.2 Å². The van der Waals surface area contributed by atoms with Gasteiger partial charge < -0.3 is 10.2 Å². The molecule has 0 saturated carbocycles. The molecule has 0 bridgehead atoms. The summed E-state index contributed by atoms with van der Waals surface area (Å²) in [6.07, 6.45) is 1.78. The van der Waals surface area contributed by atoms with Crippen LogP contribution in [0.4, 0.5) is 0 Å². The number of hydrogen-bond acceptors (Lipinski definition) is 2. The van der Waals surface area contributed by atoms with Crippen LogP contribution in [0.5, 0.6) is 0 Å². The van der Waals surface area contributed by atoms with Crippen LogP contribution in [-0.4, -0.2) is 37.0 Å². The molecule has 2 rings (SSSR count). The quantitative estimate of drug-likeness (QED) is 0.877. The molecule has 1 saturated heterocycles. The number of piperazine rings is 1. The molecule has 1 fully saturated rings. The summed E-state index contributed by atoms with van der Waals surface area (Å²) in [6, 6.07) is 10.3. The highest BCUT2D eigenvalue weighted by Crippen LogP contribution is 2.15. The lowest BCUT2D eigenvalue weighted by Gasteiger charge is -2.30. The summed E-state index contributed by atoms with van der Waals surface area (Å²) in [6.45, 7) is 5.66. The molecule has 0 aromatic heterocycles. The van der Waals surface area contributed by atoms with Crippen LogP contribution in [0.2, 0.25) is 0 Å². The number of hydrogen-bond donors (Lipinski definition) is 1. The van der Waals surface area contributed by atoms with Gasteiger partial charge in [0.2, 0.25) is 5.91 Å². The first-order valence-electron chi connectivity index (χ1n) is 6.84. The van der Waals surface area contributed by atoms with Crippen LogP contribution in [0.25, 0.3) is 0 Å². The number of carbonyl (C=O) groups is 1. The van der Waals surface area contributed by atoms with Crippen molar-refractivity contribution in [2.45, 2.75) is 19.8 Å². The van der Waals surface area contributed by atoms with Gasteiger partial charge in [0.1, 0.15) is 0 Å². The van der Waals surface area contributed by atoms with E-state index in [4.69, 9.17) is 0 Å². The molecular formula is C15H22N2O. The third-order valence-electron chi connectivity index (χ3n) is 3.60. The molecule has 18 heavy (non-hydrogen) atoms. The van der Waals surface area contributed by atoms with Gasteiger partial charge in [0, 0.05) is 32.1 Å². The fourth-order valence-electron chi connectivity index (χ4n) is 2.45. The van der Waals surface area contributed by atoms with Gasteiger partial charge in [0.15, 0.2) is 0 Å². The Balaban J connectivity index is 1.97. The third-order valence-corrected chi connectivity index (χ3v) is 3.60. The standard InChI is InChI=1S/C15H22N2O/c1-2-14(12-13-6-4-3-5-7-13)15(18)17-10-8-16-9-11-17/h3-7,14,16H,2,8-12H2,1H3. The lowest BCUT2D eigenvalue weighted by atomic mass is 9.95. The Labute approximate surface area is 109 Å². The van der Waals surface area contributed by atoms with E-state index in [1.54, 1.807) is 0 Å². The molecule has 3 heteroatoms. The monoisotopic (exact) mass is 246 g/mol. The average Bonchev–Trinajstić information content (AvgIpc) is 2.46. The maximum Gasteiger partial charge on any atom is 0.226 e. The van der Waals surface area contributed by atoms with Crippen molar-refractivity contribution in [1.29, 1.82) is 0 Å². The SMILES string of the molecule is CCC(Cc1ccccc1)C(=O)N1CCNCC1. The van der Waals surface area contributed by atoms with E-state index in [0.29, 0.717) is 5.91 Å². The highest BCUT2D eigenvalue weighted by molar-refractivity contribution is 5.79. The summed E-state index contributed by atoms with van der Waals surface area (Å²) < 4.78 is 0. The molecule has 0 spiro atoms. The van der Waals surface area contributed by atoms with Gasteiger partial charge in [0.25, 0.3) is 0 Å². The lowest BCUT2D eigenvalue weighted by Crippen LogP contribution is -2.48. The summed E-state index contributed by atoms with van der Waals surface area (Å²) >= 11 is 0. The summed E-state index contributed by atoms with van der Waals surface area (Å²) in [5.74, 6) is 0.452. The Morgan fingerprint density at radius 1 is 1.28 bits per heavy atom. The van der Waals surface area contributed by atoms with E-state index >= 15 is 0 Å². The van der Waals surface area contributed by atoms with Crippen LogP contribution >= 0.6 is 0 Å². The largest absolute Gasteiger partial charge is 0.340 e. The number of carbonyl (C=O) groups excluding carboxylic acids is 1. The maximum absolute atomic E-state index is 12.4. The molecule has 98 valence electrons. The van der Waals surface area contributed by atoms with Crippen molar-refractivity contribution in [1.82, 2.24) is 10.2 Å². The zero-order valence-electron chi connectivity index (χ0n) is 11.1. The smallest absolute Gasteiger partial charge is 0.226 e. The predicted octanol–water partition coefficient (Wildman–Crippen LogP) is 1.69. The number of nitrogens with one attached hydrogen (secondary N) is 1. The van der Waals surface area contributed by atoms with Crippen LogP contribution in [0.1, 0.15) is 18.9 Å². The summed E-state index contributed by atoms with van der Waals surface area (Å²) in [7, 11) is 0. The van der Waals surface area contributed by atoms with Gasteiger partial charge >= 0.3 is 0 Å². The molecule has 1 N–H and O–H groups in total. The van der Waals surface area contributed by atoms with Gasteiger partial charge in [-0.3, -0.25) is 4.79 Å². The molecule has 1 unspecified atom stereocenters. The zero-order valence-corrected chi connectivity index (χ0v) is 11.1. The number of benzene rings is 1. The molecule has 1 aliphatic rings. The van der Waals surface area contributed by atoms with Crippen molar-refractivity contribution >= 4 is 5.91 Å². The first-order valence-corrected chi connectivity index (χ1v) is 6.84. The minimum atomic E-state index is 0.130. The fraction of sp³-hybridized carbons (Fsp3) is 0.533. The Kier molecular flexibility index (Phi) is 4.76. The second kappa shape index (κ2) is 6.55. The van der Waals surface area contributed by atoms with Crippen LogP contribution in [0, 0.1) is 5.92 Å². The van der Waals surface area contributed by atoms with Crippen molar-refractivity contribution in [3.8, 4) is 0 Å². The Bertz CT molecular complexity index is 371. The number of rotatable bonds is 4. The normalized spacial score (nSPS) is 17.5. The molecule has 1 atom stereocenters. The van der Waals surface area contributed by atoms with Gasteiger partial charge in [-0.25, -0.2) is 0 Å². The lowest BCUT2D eigenvalue weighted by molar-refractivity contribution is -0.136. The third kappa shape index (κ3) is 3.33. The van der Waals surface area contributed by atoms with Crippen molar-refractivity contribution < 1.29 is 4.79 Å². The minimum absolute atomic E-state index is 0.130.